The Bertz CT molecular complexity index is 1670. The molecule has 0 atom stereocenters. The first-order valence-electron chi connectivity index (χ1n) is 11.1. The van der Waals surface area contributed by atoms with Gasteiger partial charge in [0.05, 0.1) is 16.7 Å². The van der Waals surface area contributed by atoms with Gasteiger partial charge in [0.25, 0.3) is 11.8 Å². The highest BCUT2D eigenvalue weighted by Crippen LogP contribution is 2.39. The summed E-state index contributed by atoms with van der Waals surface area (Å²) in [7, 11) is 1.94. The van der Waals surface area contributed by atoms with E-state index in [1.165, 1.54) is 0 Å². The number of amides is 2. The molecule has 6 heteroatoms. The fraction of sp³-hybridized carbons (Fsp3) is 0.0714. The predicted molar refractivity (Wildman–Crippen MR) is 134 cm³/mol. The number of carbonyl (C=O) groups excluding carboxylic acids is 2. The summed E-state index contributed by atoms with van der Waals surface area (Å²) in [4.78, 5) is 26.3. The number of imide groups is 1. The topological polar surface area (TPSA) is 82.0 Å². The number of nitrogens with one attached hydrogen (secondary N) is 1. The van der Waals surface area contributed by atoms with E-state index >= 15 is 0 Å². The Kier molecular flexibility index (Phi) is 4.50. The highest BCUT2D eigenvalue weighted by molar-refractivity contribution is 6.50. The van der Waals surface area contributed by atoms with Crippen LogP contribution in [0.1, 0.15) is 16.7 Å². The maximum absolute atomic E-state index is 13.2. The van der Waals surface area contributed by atoms with E-state index in [0.717, 1.165) is 44.2 Å². The summed E-state index contributed by atoms with van der Waals surface area (Å²) in [6.45, 7) is 0.438. The van der Waals surface area contributed by atoms with Crippen molar-refractivity contribution in [3.05, 3.63) is 102 Å². The zero-order chi connectivity index (χ0) is 23.4. The number of fused-ring (bicyclic) bond motifs is 2. The van der Waals surface area contributed by atoms with Gasteiger partial charge in [0.15, 0.2) is 0 Å². The molecule has 5 aromatic rings. The van der Waals surface area contributed by atoms with E-state index in [4.69, 9.17) is 5.73 Å². The first kappa shape index (κ1) is 20.2. The third-order valence-corrected chi connectivity index (χ3v) is 6.50. The van der Waals surface area contributed by atoms with Gasteiger partial charge in [-0.2, -0.15) is 0 Å². The quantitative estimate of drug-likeness (QED) is 0.407. The molecule has 2 aromatic heterocycles. The molecule has 0 spiro atoms. The van der Waals surface area contributed by atoms with Crippen LogP contribution in [0.4, 0.5) is 0 Å². The zero-order valence-corrected chi connectivity index (χ0v) is 18.6. The fourth-order valence-corrected chi connectivity index (χ4v) is 4.94. The molecule has 1 aliphatic rings. The van der Waals surface area contributed by atoms with E-state index in [0.29, 0.717) is 17.7 Å². The number of carbonyl (C=O) groups is 2. The van der Waals surface area contributed by atoms with Crippen LogP contribution in [0, 0.1) is 0 Å². The summed E-state index contributed by atoms with van der Waals surface area (Å²) < 4.78 is 4.03. The molecule has 0 radical (unpaired) electrons. The van der Waals surface area contributed by atoms with E-state index in [2.05, 4.69) is 5.32 Å². The Morgan fingerprint density at radius 1 is 0.765 bits per heavy atom. The minimum Gasteiger partial charge on any atom is -0.350 e. The van der Waals surface area contributed by atoms with E-state index in [-0.39, 0.29) is 11.8 Å². The van der Waals surface area contributed by atoms with Crippen molar-refractivity contribution in [2.75, 3.05) is 0 Å². The fourth-order valence-electron chi connectivity index (χ4n) is 4.94. The van der Waals surface area contributed by atoms with Crippen LogP contribution >= 0.6 is 0 Å². The van der Waals surface area contributed by atoms with Crippen molar-refractivity contribution >= 4 is 44.8 Å². The Morgan fingerprint density at radius 2 is 1.38 bits per heavy atom. The highest BCUT2D eigenvalue weighted by Gasteiger charge is 2.35. The van der Waals surface area contributed by atoms with Crippen LogP contribution in [-0.4, -0.2) is 20.9 Å². The maximum Gasteiger partial charge on any atom is 0.259 e. The van der Waals surface area contributed by atoms with Crippen LogP contribution in [0.5, 0.6) is 0 Å². The molecule has 6 nitrogen and oxygen atoms in total. The van der Waals surface area contributed by atoms with Crippen LogP contribution in [0.15, 0.2) is 85.2 Å². The monoisotopic (exact) mass is 446 g/mol. The van der Waals surface area contributed by atoms with Gasteiger partial charge in [0.1, 0.15) is 0 Å². The number of nitrogens with two attached hydrogens (primary N) is 1. The molecular weight excluding hydrogens is 424 g/mol. The van der Waals surface area contributed by atoms with Crippen LogP contribution in [0.2, 0.25) is 0 Å². The Balaban J connectivity index is 1.66. The van der Waals surface area contributed by atoms with Gasteiger partial charge in [-0.25, -0.2) is 0 Å². The summed E-state index contributed by atoms with van der Waals surface area (Å²) in [5, 5.41) is 4.37. The molecule has 0 aliphatic carbocycles. The van der Waals surface area contributed by atoms with Crippen molar-refractivity contribution in [3.63, 3.8) is 0 Å². The number of para-hydroxylation sites is 2. The molecule has 6 rings (SSSR count). The van der Waals surface area contributed by atoms with Gasteiger partial charge in [-0.3, -0.25) is 14.9 Å². The maximum atomic E-state index is 13.2. The van der Waals surface area contributed by atoms with Crippen molar-refractivity contribution in [3.8, 4) is 5.69 Å². The first-order chi connectivity index (χ1) is 16.6. The van der Waals surface area contributed by atoms with Gasteiger partial charge >= 0.3 is 0 Å². The lowest BCUT2D eigenvalue weighted by molar-refractivity contribution is -0.122. The van der Waals surface area contributed by atoms with Gasteiger partial charge in [0.2, 0.25) is 0 Å². The molecule has 0 fully saturated rings. The molecule has 166 valence electrons. The number of hydrogen-bond donors (Lipinski definition) is 2. The summed E-state index contributed by atoms with van der Waals surface area (Å²) in [6.07, 6.45) is 3.86. The molecule has 3 heterocycles. The number of aryl methyl sites for hydroxylation is 1. The van der Waals surface area contributed by atoms with Crippen LogP contribution in [0.25, 0.3) is 38.6 Å². The van der Waals surface area contributed by atoms with E-state index in [1.807, 2.05) is 101 Å². The Morgan fingerprint density at radius 3 is 2.09 bits per heavy atom. The Hall–Kier alpha value is -4.42. The van der Waals surface area contributed by atoms with Gasteiger partial charge in [-0.1, -0.05) is 48.5 Å². The van der Waals surface area contributed by atoms with Crippen LogP contribution in [-0.2, 0) is 23.2 Å². The van der Waals surface area contributed by atoms with Crippen molar-refractivity contribution in [1.82, 2.24) is 14.5 Å². The molecule has 34 heavy (non-hydrogen) atoms. The smallest absolute Gasteiger partial charge is 0.259 e. The van der Waals surface area contributed by atoms with Gasteiger partial charge in [0, 0.05) is 59.1 Å². The molecule has 1 aliphatic heterocycles. The first-order valence-corrected chi connectivity index (χ1v) is 11.1. The van der Waals surface area contributed by atoms with Gasteiger partial charge < -0.3 is 14.9 Å². The number of nitrogens with zero attached hydrogens (tertiary/aromatic N) is 2. The minimum atomic E-state index is -0.383. The third kappa shape index (κ3) is 2.93. The molecule has 0 unspecified atom stereocenters. The van der Waals surface area contributed by atoms with Crippen molar-refractivity contribution in [2.24, 2.45) is 12.8 Å². The van der Waals surface area contributed by atoms with Crippen molar-refractivity contribution < 1.29 is 9.59 Å². The average molecular weight is 447 g/mol. The minimum absolute atomic E-state index is 0.377. The van der Waals surface area contributed by atoms with Crippen molar-refractivity contribution in [2.45, 2.75) is 6.54 Å². The SMILES string of the molecule is Cn1cc(C2=C(c3cn(-c4cccc(CN)c4)c4ccccc34)C(=O)NC2=O)c2ccccc21. The lowest BCUT2D eigenvalue weighted by Crippen LogP contribution is -2.22. The molecule has 3 aromatic carbocycles. The highest BCUT2D eigenvalue weighted by atomic mass is 16.2. The second-order valence-electron chi connectivity index (χ2n) is 8.51. The van der Waals surface area contributed by atoms with Crippen molar-refractivity contribution in [1.29, 1.82) is 0 Å². The average Bonchev–Trinajstić information content (AvgIpc) is 3.49. The van der Waals surface area contributed by atoms with E-state index in [1.54, 1.807) is 0 Å². The lowest BCUT2D eigenvalue weighted by Gasteiger charge is -2.07. The van der Waals surface area contributed by atoms with Gasteiger partial charge in [-0.05, 0) is 29.8 Å². The largest absolute Gasteiger partial charge is 0.350 e. The standard InChI is InChI=1S/C28H22N4O2/c1-31-15-21(19-9-2-4-11-23(19)31)25-26(28(34)30-27(25)33)22-16-32(24-12-5-3-10-20(22)24)18-8-6-7-17(13-18)14-29/h2-13,15-16H,14,29H2,1H3,(H,30,33,34). The molecule has 0 bridgehead atoms. The summed E-state index contributed by atoms with van der Waals surface area (Å²) in [5.41, 5.74) is 12.0. The third-order valence-electron chi connectivity index (χ3n) is 6.50. The molecule has 0 saturated carbocycles. The Labute approximate surface area is 195 Å². The summed E-state index contributed by atoms with van der Waals surface area (Å²) in [5.74, 6) is -0.759. The molecule has 3 N–H and O–H groups in total. The number of rotatable bonds is 4. The van der Waals surface area contributed by atoms with E-state index < -0.39 is 0 Å². The zero-order valence-electron chi connectivity index (χ0n) is 18.6. The molecule has 0 saturated heterocycles. The number of aromatic nitrogens is 2. The number of hydrogen-bond acceptors (Lipinski definition) is 3. The summed E-state index contributed by atoms with van der Waals surface area (Å²) >= 11 is 0. The molecular formula is C28H22N4O2. The molecule has 2 amide bonds. The normalized spacial score (nSPS) is 13.9. The van der Waals surface area contributed by atoms with Crippen LogP contribution < -0.4 is 11.1 Å². The lowest BCUT2D eigenvalue weighted by atomic mass is 9.95. The second kappa shape index (κ2) is 7.57. The number of benzene rings is 3. The summed E-state index contributed by atoms with van der Waals surface area (Å²) in [6, 6.07) is 23.8. The predicted octanol–water partition coefficient (Wildman–Crippen LogP) is 4.15. The van der Waals surface area contributed by atoms with Crippen LogP contribution in [0.3, 0.4) is 0 Å². The van der Waals surface area contributed by atoms with E-state index in [9.17, 15) is 9.59 Å². The second-order valence-corrected chi connectivity index (χ2v) is 8.51. The van der Waals surface area contributed by atoms with Gasteiger partial charge in [-0.15, -0.1) is 0 Å².